The molecule has 0 aromatic heterocycles. The Bertz CT molecular complexity index is 1190. The third-order valence-electron chi connectivity index (χ3n) is 4.92. The summed E-state index contributed by atoms with van der Waals surface area (Å²) in [5.41, 5.74) is 2.39. The van der Waals surface area contributed by atoms with Gasteiger partial charge in [0.25, 0.3) is 15.9 Å². The molecule has 1 aliphatic heterocycles. The number of hydrogen-bond donors (Lipinski definition) is 1. The molecule has 0 bridgehead atoms. The number of para-hydroxylation sites is 2. The Morgan fingerprint density at radius 2 is 1.76 bits per heavy atom. The van der Waals surface area contributed by atoms with Crippen LogP contribution in [0, 0.1) is 0 Å². The number of sulfonamides is 1. The van der Waals surface area contributed by atoms with Crippen molar-refractivity contribution < 1.29 is 13.2 Å². The second-order valence-electron chi connectivity index (χ2n) is 6.94. The van der Waals surface area contributed by atoms with Crippen LogP contribution in [0.4, 0.5) is 11.4 Å². The van der Waals surface area contributed by atoms with Crippen LogP contribution in [-0.2, 0) is 16.4 Å². The van der Waals surface area contributed by atoms with Gasteiger partial charge in [0, 0.05) is 11.6 Å². The second kappa shape index (κ2) is 7.54. The van der Waals surface area contributed by atoms with Gasteiger partial charge in [-0.3, -0.25) is 9.10 Å². The van der Waals surface area contributed by atoms with E-state index in [1.807, 2.05) is 31.2 Å². The average Bonchev–Trinajstić information content (AvgIpc) is 3.06. The van der Waals surface area contributed by atoms with Gasteiger partial charge in [0.05, 0.1) is 21.3 Å². The summed E-state index contributed by atoms with van der Waals surface area (Å²) in [5, 5.41) is 3.13. The monoisotopic (exact) mass is 426 g/mol. The van der Waals surface area contributed by atoms with Gasteiger partial charge in [-0.2, -0.15) is 0 Å². The fraction of sp³-hybridized carbons (Fsp3) is 0.136. The van der Waals surface area contributed by atoms with E-state index in [1.165, 1.54) is 16.4 Å². The van der Waals surface area contributed by atoms with Crippen LogP contribution in [0.5, 0.6) is 0 Å². The predicted molar refractivity (Wildman–Crippen MR) is 115 cm³/mol. The molecule has 29 heavy (non-hydrogen) atoms. The van der Waals surface area contributed by atoms with Crippen molar-refractivity contribution in [2.24, 2.45) is 0 Å². The van der Waals surface area contributed by atoms with Crippen molar-refractivity contribution in [1.82, 2.24) is 0 Å². The highest BCUT2D eigenvalue weighted by Crippen LogP contribution is 2.36. The molecule has 3 aromatic rings. The van der Waals surface area contributed by atoms with E-state index in [1.54, 1.807) is 36.4 Å². The Kier molecular flexibility index (Phi) is 5.06. The van der Waals surface area contributed by atoms with Crippen molar-refractivity contribution in [3.05, 3.63) is 88.9 Å². The number of nitrogens with zero attached hydrogens (tertiary/aromatic N) is 1. The molecule has 148 valence electrons. The molecular formula is C22H19ClN2O3S. The number of hydrogen-bond acceptors (Lipinski definition) is 3. The minimum absolute atomic E-state index is 0.0767. The topological polar surface area (TPSA) is 66.5 Å². The molecule has 1 unspecified atom stereocenters. The van der Waals surface area contributed by atoms with E-state index in [2.05, 4.69) is 5.32 Å². The number of anilines is 2. The summed E-state index contributed by atoms with van der Waals surface area (Å²) >= 11 is 6.09. The Morgan fingerprint density at radius 1 is 1.03 bits per heavy atom. The summed E-state index contributed by atoms with van der Waals surface area (Å²) in [6.45, 7) is 1.88. The summed E-state index contributed by atoms with van der Waals surface area (Å²) in [7, 11) is -3.81. The molecule has 0 aliphatic carbocycles. The predicted octanol–water partition coefficient (Wildman–Crippen LogP) is 4.73. The van der Waals surface area contributed by atoms with Gasteiger partial charge in [0.1, 0.15) is 0 Å². The van der Waals surface area contributed by atoms with Gasteiger partial charge in [0.2, 0.25) is 0 Å². The number of amides is 1. The van der Waals surface area contributed by atoms with Crippen LogP contribution < -0.4 is 9.62 Å². The molecule has 1 amide bonds. The number of rotatable bonds is 4. The van der Waals surface area contributed by atoms with Gasteiger partial charge >= 0.3 is 0 Å². The molecule has 3 aromatic carbocycles. The van der Waals surface area contributed by atoms with Crippen LogP contribution in [0.15, 0.2) is 77.7 Å². The third kappa shape index (κ3) is 3.61. The molecule has 4 rings (SSSR count). The highest BCUT2D eigenvalue weighted by atomic mass is 35.5. The van der Waals surface area contributed by atoms with Crippen molar-refractivity contribution in [3.8, 4) is 0 Å². The quantitative estimate of drug-likeness (QED) is 0.655. The largest absolute Gasteiger partial charge is 0.321 e. The Hall–Kier alpha value is -2.83. The van der Waals surface area contributed by atoms with Crippen LogP contribution in [0.25, 0.3) is 0 Å². The zero-order valence-corrected chi connectivity index (χ0v) is 17.2. The Balaban J connectivity index is 1.66. The van der Waals surface area contributed by atoms with Crippen LogP contribution in [0.2, 0.25) is 5.02 Å². The van der Waals surface area contributed by atoms with Crippen molar-refractivity contribution in [1.29, 1.82) is 0 Å². The summed E-state index contributed by atoms with van der Waals surface area (Å²) in [5.74, 6) is -0.426. The summed E-state index contributed by atoms with van der Waals surface area (Å²) in [6, 6.07) is 20.2. The Labute approximate surface area is 175 Å². The Morgan fingerprint density at radius 3 is 2.55 bits per heavy atom. The minimum Gasteiger partial charge on any atom is -0.321 e. The lowest BCUT2D eigenvalue weighted by Crippen LogP contribution is -2.35. The van der Waals surface area contributed by atoms with E-state index in [0.717, 1.165) is 5.56 Å². The van der Waals surface area contributed by atoms with Gasteiger partial charge in [-0.1, -0.05) is 48.0 Å². The fourth-order valence-corrected chi connectivity index (χ4v) is 5.49. The van der Waals surface area contributed by atoms with Gasteiger partial charge in [-0.25, -0.2) is 8.42 Å². The van der Waals surface area contributed by atoms with E-state index in [4.69, 9.17) is 11.6 Å². The number of carbonyl (C=O) groups is 1. The lowest BCUT2D eigenvalue weighted by molar-refractivity contribution is 0.102. The van der Waals surface area contributed by atoms with Crippen LogP contribution in [0.1, 0.15) is 22.8 Å². The zero-order chi connectivity index (χ0) is 20.6. The molecule has 1 N–H and O–H groups in total. The lowest BCUT2D eigenvalue weighted by atomic mass is 10.1. The molecule has 7 heteroatoms. The standard InChI is InChI=1S/C22H19ClN2O3S/c1-15-13-16-7-2-5-12-21(16)25(15)29(27,28)18-9-6-8-17(14-18)22(26)24-20-11-4-3-10-19(20)23/h2-12,14-15H,13H2,1H3,(H,24,26). The summed E-state index contributed by atoms with van der Waals surface area (Å²) in [4.78, 5) is 12.7. The number of nitrogens with one attached hydrogen (secondary N) is 1. The fourth-order valence-electron chi connectivity index (χ4n) is 3.57. The lowest BCUT2D eigenvalue weighted by Gasteiger charge is -2.24. The second-order valence-corrected chi connectivity index (χ2v) is 9.17. The van der Waals surface area contributed by atoms with Crippen LogP contribution >= 0.6 is 11.6 Å². The normalized spacial score (nSPS) is 15.8. The number of fused-ring (bicyclic) bond motifs is 1. The van der Waals surface area contributed by atoms with Gasteiger partial charge in [-0.15, -0.1) is 0 Å². The van der Waals surface area contributed by atoms with Crippen molar-refractivity contribution in [2.75, 3.05) is 9.62 Å². The van der Waals surface area contributed by atoms with E-state index >= 15 is 0 Å². The van der Waals surface area contributed by atoms with Crippen LogP contribution in [0.3, 0.4) is 0 Å². The molecule has 1 atom stereocenters. The highest BCUT2D eigenvalue weighted by molar-refractivity contribution is 7.92. The third-order valence-corrected chi connectivity index (χ3v) is 7.17. The zero-order valence-electron chi connectivity index (χ0n) is 15.7. The number of halogens is 1. The van der Waals surface area contributed by atoms with E-state index in [9.17, 15) is 13.2 Å². The molecular weight excluding hydrogens is 408 g/mol. The van der Waals surface area contributed by atoms with E-state index in [-0.39, 0.29) is 16.5 Å². The van der Waals surface area contributed by atoms with Gasteiger partial charge in [-0.05, 0) is 55.3 Å². The first kappa shape index (κ1) is 19.5. The first-order valence-electron chi connectivity index (χ1n) is 9.16. The molecule has 5 nitrogen and oxygen atoms in total. The maximum atomic E-state index is 13.4. The smallest absolute Gasteiger partial charge is 0.264 e. The van der Waals surface area contributed by atoms with E-state index < -0.39 is 15.9 Å². The molecule has 0 spiro atoms. The molecule has 0 saturated heterocycles. The van der Waals surface area contributed by atoms with Crippen LogP contribution in [-0.4, -0.2) is 20.4 Å². The molecule has 1 heterocycles. The molecule has 0 saturated carbocycles. The molecule has 0 radical (unpaired) electrons. The van der Waals surface area contributed by atoms with Crippen molar-refractivity contribution in [3.63, 3.8) is 0 Å². The highest BCUT2D eigenvalue weighted by Gasteiger charge is 2.36. The summed E-state index contributed by atoms with van der Waals surface area (Å²) < 4.78 is 28.2. The SMILES string of the molecule is CC1Cc2ccccc2N1S(=O)(=O)c1cccc(C(=O)Nc2ccccc2Cl)c1. The minimum atomic E-state index is -3.81. The van der Waals surface area contributed by atoms with Gasteiger partial charge in [0.15, 0.2) is 0 Å². The maximum absolute atomic E-state index is 13.4. The number of benzene rings is 3. The van der Waals surface area contributed by atoms with E-state index in [0.29, 0.717) is 22.8 Å². The maximum Gasteiger partial charge on any atom is 0.264 e. The summed E-state index contributed by atoms with van der Waals surface area (Å²) in [6.07, 6.45) is 0.655. The molecule has 1 aliphatic rings. The first-order valence-corrected chi connectivity index (χ1v) is 11.0. The van der Waals surface area contributed by atoms with Crippen molar-refractivity contribution in [2.45, 2.75) is 24.3 Å². The average molecular weight is 427 g/mol. The van der Waals surface area contributed by atoms with Crippen molar-refractivity contribution >= 4 is 38.9 Å². The van der Waals surface area contributed by atoms with Gasteiger partial charge < -0.3 is 5.32 Å². The molecule has 0 fully saturated rings. The number of carbonyl (C=O) groups excluding carboxylic acids is 1. The first-order chi connectivity index (χ1) is 13.9.